The van der Waals surface area contributed by atoms with E-state index in [0.29, 0.717) is 5.92 Å². The van der Waals surface area contributed by atoms with Crippen molar-refractivity contribution >= 4 is 21.7 Å². The van der Waals surface area contributed by atoms with Crippen LogP contribution in [0.3, 0.4) is 0 Å². The van der Waals surface area contributed by atoms with Gasteiger partial charge in [0, 0.05) is 0 Å². The standard InChI is InChI=1S/C14H30N2OSi2/c1-18(2,3)14(16-15)13(17-19(4,5)6)12-10-8-7-9-11-12/h12-13H,7-11H2,1-6H3. The highest BCUT2D eigenvalue weighted by Gasteiger charge is 2.43. The number of hydrogen-bond acceptors (Lipinski definition) is 1. The lowest BCUT2D eigenvalue weighted by molar-refractivity contribution is -0.0211. The second kappa shape index (κ2) is 6.48. The zero-order chi connectivity index (χ0) is 14.7. The van der Waals surface area contributed by atoms with Gasteiger partial charge in [-0.3, -0.25) is 0 Å². The molecule has 19 heavy (non-hydrogen) atoms. The molecule has 0 N–H and O–H groups in total. The summed E-state index contributed by atoms with van der Waals surface area (Å²) in [5.41, 5.74) is 9.52. The van der Waals surface area contributed by atoms with Crippen LogP contribution in [0.5, 0.6) is 0 Å². The van der Waals surface area contributed by atoms with E-state index in [1.54, 1.807) is 0 Å². The van der Waals surface area contributed by atoms with Crippen molar-refractivity contribution in [1.29, 1.82) is 0 Å². The SMILES string of the molecule is C[Si](C)(C)OC(C(=[N+]=[N-])[Si](C)(C)C)C1CCCCC1. The molecule has 0 aromatic rings. The lowest BCUT2D eigenvalue weighted by Gasteiger charge is -2.34. The van der Waals surface area contributed by atoms with Gasteiger partial charge in [-0.2, -0.15) is 4.79 Å². The van der Waals surface area contributed by atoms with Crippen LogP contribution in [0.4, 0.5) is 0 Å². The van der Waals surface area contributed by atoms with Crippen LogP contribution in [0.1, 0.15) is 32.1 Å². The number of nitrogens with zero attached hydrogens (tertiary/aromatic N) is 2. The summed E-state index contributed by atoms with van der Waals surface area (Å²) in [6.07, 6.45) is 6.43. The van der Waals surface area contributed by atoms with Gasteiger partial charge in [0.2, 0.25) is 0 Å². The average Bonchev–Trinajstić information content (AvgIpc) is 2.26. The Bertz CT molecular complexity index is 345. The summed E-state index contributed by atoms with van der Waals surface area (Å²) in [7, 11) is -3.27. The lowest BCUT2D eigenvalue weighted by Crippen LogP contribution is -2.51. The van der Waals surface area contributed by atoms with Crippen molar-refractivity contribution in [2.75, 3.05) is 0 Å². The molecule has 1 unspecified atom stereocenters. The normalized spacial score (nSPS) is 19.9. The van der Waals surface area contributed by atoms with Gasteiger partial charge in [-0.15, -0.1) is 0 Å². The Morgan fingerprint density at radius 3 is 1.95 bits per heavy atom. The predicted octanol–water partition coefficient (Wildman–Crippen LogP) is 4.34. The van der Waals surface area contributed by atoms with Crippen LogP contribution in [-0.2, 0) is 4.43 Å². The molecule has 0 aromatic carbocycles. The van der Waals surface area contributed by atoms with Gasteiger partial charge >= 0.3 is 0 Å². The molecule has 1 rings (SSSR count). The van der Waals surface area contributed by atoms with Crippen LogP contribution in [0.25, 0.3) is 5.53 Å². The smallest absolute Gasteiger partial charge is 0.263 e. The maximum Gasteiger partial charge on any atom is 0.263 e. The van der Waals surface area contributed by atoms with Crippen molar-refractivity contribution in [2.24, 2.45) is 5.92 Å². The van der Waals surface area contributed by atoms with E-state index in [-0.39, 0.29) is 6.10 Å². The molecule has 0 saturated heterocycles. The van der Waals surface area contributed by atoms with Gasteiger partial charge in [0.15, 0.2) is 16.4 Å². The molecule has 0 aliphatic heterocycles. The van der Waals surface area contributed by atoms with E-state index < -0.39 is 16.4 Å². The Hall–Kier alpha value is -0.226. The van der Waals surface area contributed by atoms with Gasteiger partial charge in [-0.05, 0) is 38.4 Å². The minimum Gasteiger partial charge on any atom is -0.404 e. The quantitative estimate of drug-likeness (QED) is 0.322. The second-order valence-electron chi connectivity index (χ2n) is 7.78. The van der Waals surface area contributed by atoms with Crippen LogP contribution in [0.15, 0.2) is 0 Å². The van der Waals surface area contributed by atoms with Crippen LogP contribution in [-0.4, -0.2) is 32.6 Å². The molecule has 1 aliphatic carbocycles. The molecule has 1 atom stereocenters. The van der Waals surface area contributed by atoms with Crippen molar-refractivity contribution in [3.63, 3.8) is 0 Å². The zero-order valence-corrected chi connectivity index (χ0v) is 15.5. The first kappa shape index (κ1) is 16.8. The largest absolute Gasteiger partial charge is 0.404 e. The van der Waals surface area contributed by atoms with Gasteiger partial charge in [-0.25, -0.2) is 0 Å². The van der Waals surface area contributed by atoms with E-state index >= 15 is 0 Å². The minimum atomic E-state index is -1.64. The van der Waals surface area contributed by atoms with Gasteiger partial charge in [0.25, 0.3) is 5.33 Å². The van der Waals surface area contributed by atoms with Gasteiger partial charge in [0.1, 0.15) is 6.10 Å². The van der Waals surface area contributed by atoms with E-state index in [9.17, 15) is 5.53 Å². The van der Waals surface area contributed by atoms with Gasteiger partial charge in [-0.1, -0.05) is 38.9 Å². The van der Waals surface area contributed by atoms with E-state index in [2.05, 4.69) is 44.1 Å². The molecule has 1 aliphatic rings. The summed E-state index contributed by atoms with van der Waals surface area (Å²) in [6.45, 7) is 13.4. The molecular weight excluding hydrogens is 268 g/mol. The Kier molecular flexibility index (Phi) is 5.74. The fourth-order valence-electron chi connectivity index (χ4n) is 2.83. The van der Waals surface area contributed by atoms with Crippen molar-refractivity contribution in [3.05, 3.63) is 5.53 Å². The molecule has 0 heterocycles. The molecular formula is C14H30N2OSi2. The summed E-state index contributed by atoms with van der Waals surface area (Å²) < 4.78 is 6.44. The Morgan fingerprint density at radius 1 is 1.05 bits per heavy atom. The first-order chi connectivity index (χ1) is 8.65. The molecule has 3 nitrogen and oxygen atoms in total. The first-order valence-electron chi connectivity index (χ1n) is 7.55. The maximum absolute atomic E-state index is 9.52. The third-order valence-electron chi connectivity index (χ3n) is 3.70. The van der Waals surface area contributed by atoms with E-state index in [1.807, 2.05) is 0 Å². The fraction of sp³-hybridized carbons (Fsp3) is 0.929. The van der Waals surface area contributed by atoms with Crippen LogP contribution < -0.4 is 0 Å². The third-order valence-corrected chi connectivity index (χ3v) is 6.59. The van der Waals surface area contributed by atoms with Crippen LogP contribution in [0, 0.1) is 5.92 Å². The van der Waals surface area contributed by atoms with Gasteiger partial charge in [0.05, 0.1) is 0 Å². The van der Waals surface area contributed by atoms with Crippen molar-refractivity contribution < 1.29 is 9.22 Å². The molecule has 0 aromatic heterocycles. The maximum atomic E-state index is 9.52. The Labute approximate surface area is 120 Å². The third kappa shape index (κ3) is 5.34. The second-order valence-corrected chi connectivity index (χ2v) is 17.3. The number of hydrogen-bond donors (Lipinski definition) is 0. The predicted molar refractivity (Wildman–Crippen MR) is 86.8 cm³/mol. The topological polar surface area (TPSA) is 45.6 Å². The number of rotatable bonds is 5. The highest BCUT2D eigenvalue weighted by atomic mass is 28.4. The van der Waals surface area contributed by atoms with E-state index in [1.165, 1.54) is 32.1 Å². The molecule has 1 saturated carbocycles. The molecule has 0 bridgehead atoms. The summed E-state index contributed by atoms with van der Waals surface area (Å²) in [5, 5.41) is 0.960. The molecule has 0 spiro atoms. The van der Waals surface area contributed by atoms with Crippen molar-refractivity contribution in [3.8, 4) is 0 Å². The highest BCUT2D eigenvalue weighted by Crippen LogP contribution is 2.31. The molecule has 110 valence electrons. The monoisotopic (exact) mass is 298 g/mol. The molecule has 0 radical (unpaired) electrons. The van der Waals surface area contributed by atoms with Crippen LogP contribution in [0.2, 0.25) is 39.3 Å². The first-order valence-corrected chi connectivity index (χ1v) is 14.5. The fourth-order valence-corrected chi connectivity index (χ4v) is 5.46. The zero-order valence-electron chi connectivity index (χ0n) is 13.5. The van der Waals surface area contributed by atoms with E-state index in [4.69, 9.17) is 4.43 Å². The minimum absolute atomic E-state index is 0.0589. The summed E-state index contributed by atoms with van der Waals surface area (Å²) >= 11 is 0. The molecule has 1 fully saturated rings. The summed E-state index contributed by atoms with van der Waals surface area (Å²) in [5.74, 6) is 0.554. The van der Waals surface area contributed by atoms with E-state index in [0.717, 1.165) is 5.33 Å². The summed E-state index contributed by atoms with van der Waals surface area (Å²) in [4.78, 5) is 3.69. The Morgan fingerprint density at radius 2 is 1.58 bits per heavy atom. The molecule has 0 amide bonds. The lowest BCUT2D eigenvalue weighted by atomic mass is 9.85. The Balaban J connectivity index is 3.00. The van der Waals surface area contributed by atoms with Gasteiger partial charge < -0.3 is 9.96 Å². The summed E-state index contributed by atoms with van der Waals surface area (Å²) in [6, 6.07) is 0. The van der Waals surface area contributed by atoms with Crippen LogP contribution >= 0.6 is 0 Å². The molecule has 5 heteroatoms. The van der Waals surface area contributed by atoms with Crippen molar-refractivity contribution in [1.82, 2.24) is 0 Å². The highest BCUT2D eigenvalue weighted by molar-refractivity contribution is 7.04. The van der Waals surface area contributed by atoms with Crippen molar-refractivity contribution in [2.45, 2.75) is 77.5 Å². The average molecular weight is 299 g/mol.